The van der Waals surface area contributed by atoms with E-state index in [0.717, 1.165) is 28.8 Å². The molecular weight excluding hydrogens is 272 g/mol. The monoisotopic (exact) mass is 290 g/mol. The molecule has 1 heterocycles. The number of hydrogen-bond donors (Lipinski definition) is 0. The summed E-state index contributed by atoms with van der Waals surface area (Å²) in [7, 11) is 1.84. The molecule has 0 N–H and O–H groups in total. The molecule has 3 rings (SSSR count). The predicted molar refractivity (Wildman–Crippen MR) is 88.0 cm³/mol. The largest absolute Gasteiger partial charge is 0.341 e. The highest BCUT2D eigenvalue weighted by atomic mass is 16.2. The Bertz CT molecular complexity index is 709. The van der Waals surface area contributed by atoms with Gasteiger partial charge in [0, 0.05) is 37.5 Å². The van der Waals surface area contributed by atoms with Crippen molar-refractivity contribution < 1.29 is 4.79 Å². The van der Waals surface area contributed by atoms with E-state index in [1.165, 1.54) is 0 Å². The van der Waals surface area contributed by atoms with Crippen LogP contribution in [0.4, 0.5) is 0 Å². The van der Waals surface area contributed by atoms with Gasteiger partial charge in [0.1, 0.15) is 0 Å². The number of rotatable bonds is 4. The highest BCUT2D eigenvalue weighted by molar-refractivity contribution is 5.97. The van der Waals surface area contributed by atoms with Crippen LogP contribution in [0.3, 0.4) is 0 Å². The van der Waals surface area contributed by atoms with E-state index in [1.807, 2.05) is 67.7 Å². The Morgan fingerprint density at radius 2 is 1.68 bits per heavy atom. The van der Waals surface area contributed by atoms with Gasteiger partial charge in [0.05, 0.1) is 0 Å². The summed E-state index contributed by atoms with van der Waals surface area (Å²) in [6, 6.07) is 19.8. The Morgan fingerprint density at radius 1 is 1.00 bits per heavy atom. The average Bonchev–Trinajstić information content (AvgIpc) is 2.83. The van der Waals surface area contributed by atoms with Gasteiger partial charge < -0.3 is 4.90 Å². The topological polar surface area (TPSA) is 33.2 Å². The van der Waals surface area contributed by atoms with Crippen LogP contribution in [-0.2, 0) is 6.42 Å². The molecule has 2 aliphatic rings. The number of fused-ring (bicyclic) bond motifs is 1. The van der Waals surface area contributed by atoms with Crippen molar-refractivity contribution >= 4 is 5.91 Å². The SMILES string of the molecule is CN(CCc1ccccn1)C(=O)c1cc2cccccc-2c1. The minimum absolute atomic E-state index is 0.0507. The maximum absolute atomic E-state index is 12.5. The van der Waals surface area contributed by atoms with Gasteiger partial charge in [0.15, 0.2) is 0 Å². The van der Waals surface area contributed by atoms with Crippen LogP contribution in [0.2, 0.25) is 0 Å². The lowest BCUT2D eigenvalue weighted by molar-refractivity contribution is 0.0797. The van der Waals surface area contributed by atoms with Crippen LogP contribution in [0.15, 0.2) is 66.9 Å². The molecule has 2 aliphatic carbocycles. The molecule has 110 valence electrons. The van der Waals surface area contributed by atoms with E-state index >= 15 is 0 Å². The second-order valence-corrected chi connectivity index (χ2v) is 5.36. The molecule has 3 heteroatoms. The number of carbonyl (C=O) groups excluding carboxylic acids is 1. The summed E-state index contributed by atoms with van der Waals surface area (Å²) in [5.74, 6) is 0.0507. The fourth-order valence-electron chi connectivity index (χ4n) is 2.49. The first kappa shape index (κ1) is 14.3. The van der Waals surface area contributed by atoms with Gasteiger partial charge in [0.2, 0.25) is 0 Å². The average molecular weight is 290 g/mol. The van der Waals surface area contributed by atoms with Crippen molar-refractivity contribution in [2.75, 3.05) is 13.6 Å². The third-order valence-corrected chi connectivity index (χ3v) is 3.75. The summed E-state index contributed by atoms with van der Waals surface area (Å²) in [4.78, 5) is 18.6. The van der Waals surface area contributed by atoms with Crippen LogP contribution < -0.4 is 0 Å². The van der Waals surface area contributed by atoms with Crippen molar-refractivity contribution in [2.45, 2.75) is 6.42 Å². The third kappa shape index (κ3) is 3.14. The van der Waals surface area contributed by atoms with E-state index in [1.54, 1.807) is 11.1 Å². The Morgan fingerprint density at radius 3 is 2.32 bits per heavy atom. The fourth-order valence-corrected chi connectivity index (χ4v) is 2.49. The molecule has 0 bridgehead atoms. The summed E-state index contributed by atoms with van der Waals surface area (Å²) in [5, 5.41) is 0. The minimum Gasteiger partial charge on any atom is -0.341 e. The Labute approximate surface area is 130 Å². The van der Waals surface area contributed by atoms with Crippen molar-refractivity contribution in [3.8, 4) is 11.1 Å². The lowest BCUT2D eigenvalue weighted by Crippen LogP contribution is -2.28. The molecule has 3 nitrogen and oxygen atoms in total. The van der Waals surface area contributed by atoms with Crippen LogP contribution in [-0.4, -0.2) is 29.4 Å². The molecule has 0 saturated carbocycles. The van der Waals surface area contributed by atoms with Gasteiger partial charge in [-0.05, 0) is 35.4 Å². The van der Waals surface area contributed by atoms with E-state index in [0.29, 0.717) is 6.54 Å². The zero-order valence-electron chi connectivity index (χ0n) is 12.6. The zero-order chi connectivity index (χ0) is 15.4. The summed E-state index contributed by atoms with van der Waals surface area (Å²) in [6.45, 7) is 0.658. The Balaban J connectivity index is 1.71. The molecule has 0 atom stereocenters. The lowest BCUT2D eigenvalue weighted by Gasteiger charge is -2.16. The van der Waals surface area contributed by atoms with Gasteiger partial charge in [-0.25, -0.2) is 0 Å². The van der Waals surface area contributed by atoms with Crippen molar-refractivity contribution in [1.29, 1.82) is 0 Å². The predicted octanol–water partition coefficient (Wildman–Crippen LogP) is 3.50. The first-order valence-electron chi connectivity index (χ1n) is 7.38. The van der Waals surface area contributed by atoms with E-state index in [-0.39, 0.29) is 5.91 Å². The van der Waals surface area contributed by atoms with Crippen molar-refractivity contribution in [3.05, 3.63) is 78.1 Å². The molecule has 1 amide bonds. The molecule has 0 fully saturated rings. The number of likely N-dealkylation sites (N-methyl/N-ethyl adjacent to an activating group) is 1. The normalized spacial score (nSPS) is 10.6. The van der Waals surface area contributed by atoms with E-state index in [4.69, 9.17) is 0 Å². The van der Waals surface area contributed by atoms with E-state index in [2.05, 4.69) is 4.98 Å². The van der Waals surface area contributed by atoms with Crippen LogP contribution in [0.5, 0.6) is 0 Å². The van der Waals surface area contributed by atoms with Gasteiger partial charge in [0.25, 0.3) is 5.91 Å². The standard InChI is InChI=1S/C19H18N2O/c1-21(12-10-18-9-5-6-11-20-18)19(22)17-13-15-7-3-2-4-8-16(15)14-17/h2-9,11,13-14H,10,12H2,1H3. The first-order chi connectivity index (χ1) is 10.7. The van der Waals surface area contributed by atoms with Crippen LogP contribution in [0.1, 0.15) is 16.1 Å². The number of nitrogens with zero attached hydrogens (tertiary/aromatic N) is 2. The third-order valence-electron chi connectivity index (χ3n) is 3.75. The number of hydrogen-bond acceptors (Lipinski definition) is 2. The van der Waals surface area contributed by atoms with Crippen LogP contribution in [0, 0.1) is 0 Å². The van der Waals surface area contributed by atoms with Gasteiger partial charge in [-0.1, -0.05) is 36.4 Å². The van der Waals surface area contributed by atoms with Crippen molar-refractivity contribution in [3.63, 3.8) is 0 Å². The lowest BCUT2D eigenvalue weighted by atomic mass is 10.2. The summed E-state index contributed by atoms with van der Waals surface area (Å²) in [6.07, 6.45) is 2.54. The molecule has 0 saturated heterocycles. The van der Waals surface area contributed by atoms with Gasteiger partial charge in [-0.3, -0.25) is 9.78 Å². The van der Waals surface area contributed by atoms with Gasteiger partial charge in [-0.15, -0.1) is 0 Å². The number of aromatic nitrogens is 1. The molecule has 1 aromatic heterocycles. The zero-order valence-corrected chi connectivity index (χ0v) is 12.6. The molecule has 0 spiro atoms. The number of amides is 1. The second-order valence-electron chi connectivity index (χ2n) is 5.36. The summed E-state index contributed by atoms with van der Waals surface area (Å²) in [5.41, 5.74) is 3.92. The summed E-state index contributed by atoms with van der Waals surface area (Å²) < 4.78 is 0. The highest BCUT2D eigenvalue weighted by Gasteiger charge is 2.15. The van der Waals surface area contributed by atoms with Gasteiger partial charge in [-0.2, -0.15) is 0 Å². The number of carbonyl (C=O) groups is 1. The molecule has 1 aromatic rings. The maximum Gasteiger partial charge on any atom is 0.253 e. The quantitative estimate of drug-likeness (QED) is 0.737. The molecule has 0 aliphatic heterocycles. The number of pyridine rings is 1. The Kier molecular flexibility index (Phi) is 4.15. The van der Waals surface area contributed by atoms with Crippen LogP contribution in [0.25, 0.3) is 11.1 Å². The van der Waals surface area contributed by atoms with E-state index < -0.39 is 0 Å². The maximum atomic E-state index is 12.5. The highest BCUT2D eigenvalue weighted by Crippen LogP contribution is 2.25. The molecule has 0 aromatic carbocycles. The molecular formula is C19H18N2O. The van der Waals surface area contributed by atoms with Gasteiger partial charge >= 0.3 is 0 Å². The van der Waals surface area contributed by atoms with E-state index in [9.17, 15) is 4.79 Å². The van der Waals surface area contributed by atoms with Crippen LogP contribution >= 0.6 is 0 Å². The summed E-state index contributed by atoms with van der Waals surface area (Å²) >= 11 is 0. The second kappa shape index (κ2) is 6.39. The molecule has 22 heavy (non-hydrogen) atoms. The minimum atomic E-state index is 0.0507. The van der Waals surface area contributed by atoms with Crippen molar-refractivity contribution in [2.24, 2.45) is 0 Å². The molecule has 0 unspecified atom stereocenters. The fraction of sp³-hybridized carbons (Fsp3) is 0.158. The first-order valence-corrected chi connectivity index (χ1v) is 7.38. The Hall–Kier alpha value is -2.68. The molecule has 0 radical (unpaired) electrons. The smallest absolute Gasteiger partial charge is 0.253 e. The van der Waals surface area contributed by atoms with Crippen molar-refractivity contribution in [1.82, 2.24) is 9.88 Å².